The van der Waals surface area contributed by atoms with E-state index in [1.54, 1.807) is 0 Å². The van der Waals surface area contributed by atoms with Gasteiger partial charge in [-0.25, -0.2) is 0 Å². The van der Waals surface area contributed by atoms with Crippen molar-refractivity contribution in [1.82, 2.24) is 15.1 Å². The molecule has 1 aromatic heterocycles. The van der Waals surface area contributed by atoms with Crippen LogP contribution in [0.4, 0.5) is 0 Å². The van der Waals surface area contributed by atoms with Crippen molar-refractivity contribution in [2.45, 2.75) is 45.7 Å². The fourth-order valence-electron chi connectivity index (χ4n) is 3.14. The highest BCUT2D eigenvalue weighted by molar-refractivity contribution is 5.33. The molecule has 2 heterocycles. The van der Waals surface area contributed by atoms with E-state index in [0.29, 0.717) is 5.92 Å². The van der Waals surface area contributed by atoms with Crippen molar-refractivity contribution in [3.05, 3.63) is 52.8 Å². The summed E-state index contributed by atoms with van der Waals surface area (Å²) in [7, 11) is 0. The predicted molar refractivity (Wildman–Crippen MR) is 81.9 cm³/mol. The summed E-state index contributed by atoms with van der Waals surface area (Å²) < 4.78 is 2.16. The number of nitrogens with zero attached hydrogens (tertiary/aromatic N) is 2. The standard InChI is InChI=1S/C17H23N3/c1-3-15-10-16(20(4-2)19-15)9-14-12-18-11-13-7-5-6-8-17(13)14/h5-8,10,14,18H,3-4,9,11-12H2,1-2H3. The van der Waals surface area contributed by atoms with E-state index < -0.39 is 0 Å². The third-order valence-corrected chi connectivity index (χ3v) is 4.23. The van der Waals surface area contributed by atoms with Crippen molar-refractivity contribution >= 4 is 0 Å². The molecule has 1 aromatic carbocycles. The third kappa shape index (κ3) is 2.50. The molecule has 0 radical (unpaired) electrons. The van der Waals surface area contributed by atoms with Gasteiger partial charge in [0.05, 0.1) is 5.69 Å². The highest BCUT2D eigenvalue weighted by Crippen LogP contribution is 2.27. The fraction of sp³-hybridized carbons (Fsp3) is 0.471. The summed E-state index contributed by atoms with van der Waals surface area (Å²) in [6.45, 7) is 7.36. The Kier molecular flexibility index (Phi) is 3.88. The van der Waals surface area contributed by atoms with Crippen LogP contribution in [-0.4, -0.2) is 16.3 Å². The molecule has 0 fully saturated rings. The van der Waals surface area contributed by atoms with Crippen LogP contribution in [0.5, 0.6) is 0 Å². The SMILES string of the molecule is CCc1cc(CC2CNCc3ccccc32)n(CC)n1. The Hall–Kier alpha value is -1.61. The van der Waals surface area contributed by atoms with Crippen molar-refractivity contribution in [3.63, 3.8) is 0 Å². The highest BCUT2D eigenvalue weighted by atomic mass is 15.3. The quantitative estimate of drug-likeness (QED) is 0.925. The average Bonchev–Trinajstić information content (AvgIpc) is 2.90. The van der Waals surface area contributed by atoms with Gasteiger partial charge in [0.15, 0.2) is 0 Å². The lowest BCUT2D eigenvalue weighted by molar-refractivity contribution is 0.514. The maximum Gasteiger partial charge on any atom is 0.0624 e. The number of aromatic nitrogens is 2. The summed E-state index contributed by atoms with van der Waals surface area (Å²) in [5.74, 6) is 0.562. The topological polar surface area (TPSA) is 29.9 Å². The third-order valence-electron chi connectivity index (χ3n) is 4.23. The van der Waals surface area contributed by atoms with Gasteiger partial charge in [0.1, 0.15) is 0 Å². The normalized spacial score (nSPS) is 18.0. The monoisotopic (exact) mass is 269 g/mol. The van der Waals surface area contributed by atoms with Crippen LogP contribution < -0.4 is 5.32 Å². The first-order chi connectivity index (χ1) is 9.81. The predicted octanol–water partition coefficient (Wildman–Crippen LogP) is 2.89. The van der Waals surface area contributed by atoms with Gasteiger partial charge >= 0.3 is 0 Å². The zero-order chi connectivity index (χ0) is 13.9. The van der Waals surface area contributed by atoms with Crippen LogP contribution in [0.15, 0.2) is 30.3 Å². The largest absolute Gasteiger partial charge is 0.312 e. The van der Waals surface area contributed by atoms with Crippen LogP contribution in [0.2, 0.25) is 0 Å². The molecule has 1 unspecified atom stereocenters. The Labute approximate surface area is 121 Å². The van der Waals surface area contributed by atoms with Crippen LogP contribution in [-0.2, 0) is 25.9 Å². The maximum absolute atomic E-state index is 4.66. The summed E-state index contributed by atoms with van der Waals surface area (Å²) in [5.41, 5.74) is 5.53. The molecule has 0 amide bonds. The zero-order valence-electron chi connectivity index (χ0n) is 12.4. The molecule has 1 atom stereocenters. The van der Waals surface area contributed by atoms with Gasteiger partial charge in [-0.2, -0.15) is 5.10 Å². The number of aryl methyl sites for hydroxylation is 2. The Morgan fingerprint density at radius 2 is 2.15 bits per heavy atom. The van der Waals surface area contributed by atoms with E-state index in [2.05, 4.69) is 59.3 Å². The van der Waals surface area contributed by atoms with Gasteiger partial charge in [-0.3, -0.25) is 4.68 Å². The lowest BCUT2D eigenvalue weighted by Crippen LogP contribution is -2.29. The molecule has 0 saturated carbocycles. The highest BCUT2D eigenvalue weighted by Gasteiger charge is 2.21. The molecule has 3 heteroatoms. The van der Waals surface area contributed by atoms with Gasteiger partial charge in [0.2, 0.25) is 0 Å². The number of fused-ring (bicyclic) bond motifs is 1. The second-order valence-corrected chi connectivity index (χ2v) is 5.53. The molecule has 0 spiro atoms. The van der Waals surface area contributed by atoms with Crippen molar-refractivity contribution < 1.29 is 0 Å². The molecule has 3 nitrogen and oxygen atoms in total. The number of hydrogen-bond donors (Lipinski definition) is 1. The maximum atomic E-state index is 4.66. The molecule has 1 aliphatic heterocycles. The molecule has 1 N–H and O–H groups in total. The summed E-state index contributed by atoms with van der Waals surface area (Å²) >= 11 is 0. The van der Waals surface area contributed by atoms with Crippen molar-refractivity contribution in [2.24, 2.45) is 0 Å². The van der Waals surface area contributed by atoms with Crippen molar-refractivity contribution in [1.29, 1.82) is 0 Å². The minimum Gasteiger partial charge on any atom is -0.312 e. The van der Waals surface area contributed by atoms with E-state index in [9.17, 15) is 0 Å². The van der Waals surface area contributed by atoms with Gasteiger partial charge in [-0.1, -0.05) is 31.2 Å². The second kappa shape index (κ2) is 5.80. The molecular formula is C17H23N3. The molecule has 0 aliphatic carbocycles. The zero-order valence-corrected chi connectivity index (χ0v) is 12.4. The van der Waals surface area contributed by atoms with E-state index in [1.807, 2.05) is 0 Å². The summed E-state index contributed by atoms with van der Waals surface area (Å²) in [6, 6.07) is 11.1. The van der Waals surface area contributed by atoms with Gasteiger partial charge in [-0.05, 0) is 37.0 Å². The van der Waals surface area contributed by atoms with E-state index in [0.717, 1.165) is 32.5 Å². The van der Waals surface area contributed by atoms with Crippen LogP contribution in [0, 0.1) is 0 Å². The molecule has 106 valence electrons. The Morgan fingerprint density at radius 3 is 2.95 bits per heavy atom. The van der Waals surface area contributed by atoms with E-state index in [-0.39, 0.29) is 0 Å². The lowest BCUT2D eigenvalue weighted by atomic mass is 9.87. The number of hydrogen-bond acceptors (Lipinski definition) is 2. The van der Waals surface area contributed by atoms with E-state index in [1.165, 1.54) is 22.5 Å². The minimum atomic E-state index is 0.562. The summed E-state index contributed by atoms with van der Waals surface area (Å²) in [5, 5.41) is 8.20. The first-order valence-corrected chi connectivity index (χ1v) is 7.66. The average molecular weight is 269 g/mol. The molecule has 0 bridgehead atoms. The van der Waals surface area contributed by atoms with Gasteiger partial charge in [0.25, 0.3) is 0 Å². The smallest absolute Gasteiger partial charge is 0.0624 e. The second-order valence-electron chi connectivity index (χ2n) is 5.53. The Morgan fingerprint density at radius 1 is 1.30 bits per heavy atom. The van der Waals surface area contributed by atoms with Crippen molar-refractivity contribution in [3.8, 4) is 0 Å². The first kappa shape index (κ1) is 13.4. The van der Waals surface area contributed by atoms with Crippen LogP contribution in [0.3, 0.4) is 0 Å². The van der Waals surface area contributed by atoms with Gasteiger partial charge in [-0.15, -0.1) is 0 Å². The molecule has 1 aliphatic rings. The Balaban J connectivity index is 1.87. The molecule has 20 heavy (non-hydrogen) atoms. The van der Waals surface area contributed by atoms with E-state index >= 15 is 0 Å². The molecular weight excluding hydrogens is 246 g/mol. The van der Waals surface area contributed by atoms with Crippen LogP contribution in [0.1, 0.15) is 42.3 Å². The fourth-order valence-corrected chi connectivity index (χ4v) is 3.14. The number of nitrogens with one attached hydrogen (secondary N) is 1. The molecule has 0 saturated heterocycles. The molecule has 2 aromatic rings. The van der Waals surface area contributed by atoms with E-state index in [4.69, 9.17) is 0 Å². The molecule has 3 rings (SSSR count). The number of benzene rings is 1. The van der Waals surface area contributed by atoms with Crippen LogP contribution in [0.25, 0.3) is 0 Å². The first-order valence-electron chi connectivity index (χ1n) is 7.66. The van der Waals surface area contributed by atoms with Gasteiger partial charge < -0.3 is 5.32 Å². The number of rotatable bonds is 4. The lowest BCUT2D eigenvalue weighted by Gasteiger charge is -2.26. The minimum absolute atomic E-state index is 0.562. The Bertz CT molecular complexity index is 586. The van der Waals surface area contributed by atoms with Crippen LogP contribution >= 0.6 is 0 Å². The van der Waals surface area contributed by atoms with Crippen molar-refractivity contribution in [2.75, 3.05) is 6.54 Å². The summed E-state index contributed by atoms with van der Waals surface area (Å²) in [6.07, 6.45) is 2.09. The summed E-state index contributed by atoms with van der Waals surface area (Å²) in [4.78, 5) is 0. The van der Waals surface area contributed by atoms with Gasteiger partial charge in [0, 0.05) is 31.2 Å².